The minimum absolute atomic E-state index is 0.315. The van der Waals surface area contributed by atoms with Crippen molar-refractivity contribution in [1.82, 2.24) is 9.13 Å². The number of aromatic nitrogens is 2. The fourth-order valence-electron chi connectivity index (χ4n) is 2.51. The molecule has 0 aliphatic heterocycles. The number of carbonyl (C=O) groups excluding carboxylic acids is 1. The third-order valence-electron chi connectivity index (χ3n) is 3.75. The van der Waals surface area contributed by atoms with Crippen molar-refractivity contribution >= 4 is 23.2 Å². The number of halogens is 1. The maximum atomic E-state index is 12.6. The minimum atomic E-state index is -0.539. The number of anilines is 1. The molecule has 3 aromatic rings. The molecule has 6 nitrogen and oxygen atoms in total. The molecule has 0 spiro atoms. The van der Waals surface area contributed by atoms with E-state index < -0.39 is 17.2 Å². The van der Waals surface area contributed by atoms with Gasteiger partial charge in [0.1, 0.15) is 6.54 Å². The molecule has 0 bridgehead atoms. The number of amides is 1. The highest BCUT2D eigenvalue weighted by Gasteiger charge is 2.11. The molecule has 0 atom stereocenters. The first-order valence-electron chi connectivity index (χ1n) is 7.92. The molecular formula is C19H16ClN3O3. The van der Waals surface area contributed by atoms with E-state index in [1.807, 2.05) is 30.3 Å². The van der Waals surface area contributed by atoms with Crippen LogP contribution in [-0.2, 0) is 17.9 Å². The van der Waals surface area contributed by atoms with Gasteiger partial charge in [0.2, 0.25) is 5.91 Å². The molecule has 0 unspecified atom stereocenters. The zero-order chi connectivity index (χ0) is 18.5. The molecule has 0 saturated carbocycles. The quantitative estimate of drug-likeness (QED) is 0.750. The number of rotatable bonds is 5. The number of carbonyl (C=O) groups is 1. The first-order valence-corrected chi connectivity index (χ1v) is 8.30. The van der Waals surface area contributed by atoms with Crippen LogP contribution in [0.4, 0.5) is 5.69 Å². The lowest BCUT2D eigenvalue weighted by Gasteiger charge is -2.10. The summed E-state index contributed by atoms with van der Waals surface area (Å²) in [5.41, 5.74) is 0.349. The highest BCUT2D eigenvalue weighted by Crippen LogP contribution is 2.14. The Kier molecular flexibility index (Phi) is 5.34. The van der Waals surface area contributed by atoms with Crippen molar-refractivity contribution in [2.45, 2.75) is 13.1 Å². The molecule has 1 amide bonds. The van der Waals surface area contributed by atoms with Gasteiger partial charge in [-0.25, -0.2) is 4.79 Å². The molecule has 2 aromatic carbocycles. The van der Waals surface area contributed by atoms with E-state index in [2.05, 4.69) is 5.32 Å². The highest BCUT2D eigenvalue weighted by atomic mass is 35.5. The summed E-state index contributed by atoms with van der Waals surface area (Å²) >= 11 is 5.88. The van der Waals surface area contributed by atoms with E-state index in [1.54, 1.807) is 24.3 Å². The maximum absolute atomic E-state index is 12.6. The molecule has 0 saturated heterocycles. The summed E-state index contributed by atoms with van der Waals surface area (Å²) in [5, 5.41) is 3.10. The molecule has 3 rings (SSSR count). The predicted octanol–water partition coefficient (Wildman–Crippen LogP) is 2.35. The van der Waals surface area contributed by atoms with E-state index in [1.165, 1.54) is 16.8 Å². The molecule has 26 heavy (non-hydrogen) atoms. The highest BCUT2D eigenvalue weighted by molar-refractivity contribution is 6.30. The van der Waals surface area contributed by atoms with E-state index in [9.17, 15) is 14.4 Å². The molecule has 1 heterocycles. The Morgan fingerprint density at radius 1 is 1.00 bits per heavy atom. The van der Waals surface area contributed by atoms with Gasteiger partial charge in [0.25, 0.3) is 5.56 Å². The second kappa shape index (κ2) is 7.84. The van der Waals surface area contributed by atoms with Crippen LogP contribution in [-0.4, -0.2) is 15.0 Å². The van der Waals surface area contributed by atoms with Gasteiger partial charge in [-0.05, 0) is 23.8 Å². The lowest BCUT2D eigenvalue weighted by atomic mass is 10.2. The Morgan fingerprint density at radius 2 is 1.77 bits per heavy atom. The lowest BCUT2D eigenvalue weighted by Crippen LogP contribution is -2.41. The maximum Gasteiger partial charge on any atom is 0.331 e. The largest absolute Gasteiger partial charge is 0.331 e. The SMILES string of the molecule is O=C(Cn1c(=O)ccn(Cc2ccccc2)c1=O)Nc1cccc(Cl)c1. The fourth-order valence-corrected chi connectivity index (χ4v) is 2.70. The molecule has 0 fully saturated rings. The summed E-state index contributed by atoms with van der Waals surface area (Å²) in [4.78, 5) is 36.8. The Bertz CT molecular complexity index is 1040. The van der Waals surface area contributed by atoms with Crippen molar-refractivity contribution < 1.29 is 4.79 Å². The number of nitrogens with zero attached hydrogens (tertiary/aromatic N) is 2. The summed E-state index contributed by atoms with van der Waals surface area (Å²) in [6, 6.07) is 17.3. The zero-order valence-electron chi connectivity index (χ0n) is 13.8. The predicted molar refractivity (Wildman–Crippen MR) is 101 cm³/mol. The van der Waals surface area contributed by atoms with Crippen LogP contribution in [0.15, 0.2) is 76.4 Å². The fraction of sp³-hybridized carbons (Fsp3) is 0.105. The first kappa shape index (κ1) is 17.7. The minimum Gasteiger partial charge on any atom is -0.324 e. The van der Waals surface area contributed by atoms with Crippen molar-refractivity contribution in [3.8, 4) is 0 Å². The second-order valence-electron chi connectivity index (χ2n) is 5.69. The molecular weight excluding hydrogens is 354 g/mol. The van der Waals surface area contributed by atoms with E-state index in [0.717, 1.165) is 10.1 Å². The van der Waals surface area contributed by atoms with Gasteiger partial charge in [-0.1, -0.05) is 48.0 Å². The summed E-state index contributed by atoms with van der Waals surface area (Å²) in [6.07, 6.45) is 1.43. The van der Waals surface area contributed by atoms with Crippen molar-refractivity contribution in [2.24, 2.45) is 0 Å². The van der Waals surface area contributed by atoms with Gasteiger partial charge in [-0.2, -0.15) is 0 Å². The smallest absolute Gasteiger partial charge is 0.324 e. The van der Waals surface area contributed by atoms with Crippen LogP contribution >= 0.6 is 11.6 Å². The number of hydrogen-bond donors (Lipinski definition) is 1. The lowest BCUT2D eigenvalue weighted by molar-refractivity contribution is -0.116. The van der Waals surface area contributed by atoms with Crippen LogP contribution in [0.3, 0.4) is 0 Å². The van der Waals surface area contributed by atoms with Crippen LogP contribution in [0.1, 0.15) is 5.56 Å². The Balaban J connectivity index is 1.81. The van der Waals surface area contributed by atoms with Gasteiger partial charge in [-0.15, -0.1) is 0 Å². The molecule has 0 aliphatic carbocycles. The van der Waals surface area contributed by atoms with Crippen LogP contribution in [0.2, 0.25) is 5.02 Å². The van der Waals surface area contributed by atoms with Crippen molar-refractivity contribution in [1.29, 1.82) is 0 Å². The van der Waals surface area contributed by atoms with Crippen molar-refractivity contribution in [3.05, 3.63) is 98.3 Å². The van der Waals surface area contributed by atoms with Crippen LogP contribution < -0.4 is 16.6 Å². The van der Waals surface area contributed by atoms with Gasteiger partial charge >= 0.3 is 5.69 Å². The van der Waals surface area contributed by atoms with Crippen LogP contribution in [0, 0.1) is 0 Å². The molecule has 1 N–H and O–H groups in total. The summed E-state index contributed by atoms with van der Waals surface area (Å²) in [6.45, 7) is -0.0598. The topological polar surface area (TPSA) is 73.1 Å². The molecule has 0 radical (unpaired) electrons. The Labute approximate surface area is 154 Å². The van der Waals surface area contributed by atoms with E-state index in [-0.39, 0.29) is 6.54 Å². The summed E-state index contributed by atoms with van der Waals surface area (Å²) in [5.74, 6) is -0.482. The van der Waals surface area contributed by atoms with Gasteiger partial charge in [0, 0.05) is 23.0 Å². The molecule has 132 valence electrons. The van der Waals surface area contributed by atoms with E-state index >= 15 is 0 Å². The normalized spacial score (nSPS) is 10.5. The van der Waals surface area contributed by atoms with Crippen LogP contribution in [0.25, 0.3) is 0 Å². The van der Waals surface area contributed by atoms with Gasteiger partial charge in [0.15, 0.2) is 0 Å². The zero-order valence-corrected chi connectivity index (χ0v) is 14.5. The molecule has 0 aliphatic rings. The summed E-state index contributed by atoms with van der Waals surface area (Å²) in [7, 11) is 0. The van der Waals surface area contributed by atoms with Crippen molar-refractivity contribution in [3.63, 3.8) is 0 Å². The van der Waals surface area contributed by atoms with Gasteiger partial charge < -0.3 is 5.32 Å². The van der Waals surface area contributed by atoms with Gasteiger partial charge in [0.05, 0.1) is 6.54 Å². The third kappa shape index (κ3) is 4.29. The van der Waals surface area contributed by atoms with Crippen LogP contribution in [0.5, 0.6) is 0 Å². The molecule has 7 heteroatoms. The number of nitrogens with one attached hydrogen (secondary N) is 1. The molecule has 1 aromatic heterocycles. The Morgan fingerprint density at radius 3 is 2.50 bits per heavy atom. The average molecular weight is 370 g/mol. The second-order valence-corrected chi connectivity index (χ2v) is 6.13. The van der Waals surface area contributed by atoms with E-state index in [4.69, 9.17) is 11.6 Å². The van der Waals surface area contributed by atoms with Crippen molar-refractivity contribution in [2.75, 3.05) is 5.32 Å². The third-order valence-corrected chi connectivity index (χ3v) is 3.98. The average Bonchev–Trinajstić information content (AvgIpc) is 2.62. The Hall–Kier alpha value is -3.12. The monoisotopic (exact) mass is 369 g/mol. The first-order chi connectivity index (χ1) is 12.5. The van der Waals surface area contributed by atoms with Gasteiger partial charge in [-0.3, -0.25) is 18.7 Å². The number of hydrogen-bond acceptors (Lipinski definition) is 3. The van der Waals surface area contributed by atoms with E-state index in [0.29, 0.717) is 17.3 Å². The standard InChI is InChI=1S/C19H16ClN3O3/c20-15-7-4-8-16(11-15)21-17(24)13-23-18(25)9-10-22(19(23)26)12-14-5-2-1-3-6-14/h1-11H,12-13H2,(H,21,24). The number of benzene rings is 2. The summed E-state index contributed by atoms with van der Waals surface area (Å²) < 4.78 is 2.30.